The lowest BCUT2D eigenvalue weighted by atomic mass is 10.8. The third-order valence-corrected chi connectivity index (χ3v) is 0. The zero-order chi connectivity index (χ0) is 2.71. The predicted octanol–water partition coefficient (Wildman–Crippen LogP) is 1.31. The summed E-state index contributed by atoms with van der Waals surface area (Å²) < 4.78 is 0. The zero-order valence-corrected chi connectivity index (χ0v) is 3.78. The zero-order valence-electron chi connectivity index (χ0n) is 2.78. The van der Waals surface area contributed by atoms with Crippen LogP contribution in [0.2, 0.25) is 0 Å². The summed E-state index contributed by atoms with van der Waals surface area (Å²) in [6.07, 6.45) is 1.75. The van der Waals surface area contributed by atoms with E-state index >= 15 is 0 Å². The van der Waals surface area contributed by atoms with Gasteiger partial charge in [-0.3, -0.25) is 0 Å². The molecule has 0 aliphatic carbocycles. The fourth-order valence-electron chi connectivity index (χ4n) is 0. The Balaban J connectivity index is 0. The highest BCUT2D eigenvalue weighted by atomic mass is 32.1. The maximum absolute atomic E-state index is 3.36. The first kappa shape index (κ1) is 8.94. The van der Waals surface area contributed by atoms with Gasteiger partial charge in [-0.05, 0) is 6.92 Å². The van der Waals surface area contributed by atoms with Crippen LogP contribution in [0.3, 0.4) is 0 Å². The van der Waals surface area contributed by atoms with Gasteiger partial charge in [0.05, 0.1) is 0 Å². The average molecular weight is 76.2 g/mol. The normalized spacial score (nSPS) is 3.25. The predicted molar refractivity (Wildman–Crippen MR) is 26.3 cm³/mol. The molecule has 0 spiro atoms. The maximum Gasteiger partial charge on any atom is -0.0473 e. The van der Waals surface area contributed by atoms with E-state index in [2.05, 4.69) is 6.58 Å². The Morgan fingerprint density at radius 2 is 1.75 bits per heavy atom. The summed E-state index contributed by atoms with van der Waals surface area (Å²) in [5, 5.41) is 0. The molecule has 0 aromatic rings. The number of allylic oxidation sites excluding steroid dienone is 1. The van der Waals surface area contributed by atoms with Gasteiger partial charge in [0, 0.05) is 0 Å². The smallest absolute Gasteiger partial charge is 0.0473 e. The van der Waals surface area contributed by atoms with Crippen LogP contribution in [0.25, 0.3) is 0 Å². The third-order valence-electron chi connectivity index (χ3n) is 0. The Morgan fingerprint density at radius 3 is 1.75 bits per heavy atom. The molecule has 0 aromatic heterocycles. The Morgan fingerprint density at radius 1 is 1.75 bits per heavy atom. The molecule has 0 fully saturated rings. The molecular formula is C3H8S. The highest BCUT2D eigenvalue weighted by Crippen LogP contribution is 1.38. The van der Waals surface area contributed by atoms with E-state index < -0.39 is 0 Å². The van der Waals surface area contributed by atoms with Crippen molar-refractivity contribution in [2.24, 2.45) is 0 Å². The van der Waals surface area contributed by atoms with E-state index in [4.69, 9.17) is 0 Å². The topological polar surface area (TPSA) is 0 Å². The van der Waals surface area contributed by atoms with Crippen molar-refractivity contribution in [1.29, 1.82) is 0 Å². The summed E-state index contributed by atoms with van der Waals surface area (Å²) in [5.41, 5.74) is 0. The minimum absolute atomic E-state index is 0. The van der Waals surface area contributed by atoms with E-state index in [1.807, 2.05) is 6.92 Å². The SMILES string of the molecule is C=CC.S. The minimum Gasteiger partial charge on any atom is -0.197 e. The molecule has 0 aliphatic rings. The van der Waals surface area contributed by atoms with Crippen molar-refractivity contribution in [1.82, 2.24) is 0 Å². The van der Waals surface area contributed by atoms with Gasteiger partial charge in [-0.15, -0.1) is 6.58 Å². The Hall–Kier alpha value is 0.0900. The summed E-state index contributed by atoms with van der Waals surface area (Å²) >= 11 is 0. The summed E-state index contributed by atoms with van der Waals surface area (Å²) in [5.74, 6) is 0. The molecule has 0 bridgehead atoms. The summed E-state index contributed by atoms with van der Waals surface area (Å²) in [6, 6.07) is 0. The quantitative estimate of drug-likeness (QED) is 0.381. The second kappa shape index (κ2) is 11.4. The van der Waals surface area contributed by atoms with Gasteiger partial charge in [0.15, 0.2) is 0 Å². The van der Waals surface area contributed by atoms with Crippen LogP contribution in [0.4, 0.5) is 0 Å². The fraction of sp³-hybridized carbons (Fsp3) is 0.333. The highest BCUT2D eigenvalue weighted by Gasteiger charge is 1.15. The van der Waals surface area contributed by atoms with Crippen molar-refractivity contribution in [2.45, 2.75) is 6.92 Å². The van der Waals surface area contributed by atoms with E-state index in [0.717, 1.165) is 0 Å². The Bertz CT molecular complexity index is 10.8. The fourth-order valence-corrected chi connectivity index (χ4v) is 0. The van der Waals surface area contributed by atoms with E-state index in [1.165, 1.54) is 0 Å². The first-order valence-electron chi connectivity index (χ1n) is 0.986. The minimum atomic E-state index is 0. The van der Waals surface area contributed by atoms with E-state index in [0.29, 0.717) is 0 Å². The maximum atomic E-state index is 3.36. The molecule has 0 radical (unpaired) electrons. The first-order valence-corrected chi connectivity index (χ1v) is 0.986. The van der Waals surface area contributed by atoms with Gasteiger partial charge in [-0.2, -0.15) is 13.5 Å². The molecule has 0 N–H and O–H groups in total. The van der Waals surface area contributed by atoms with Crippen molar-refractivity contribution in [2.75, 3.05) is 0 Å². The van der Waals surface area contributed by atoms with E-state index in [1.54, 1.807) is 6.08 Å². The van der Waals surface area contributed by atoms with E-state index in [9.17, 15) is 0 Å². The van der Waals surface area contributed by atoms with Gasteiger partial charge in [0.1, 0.15) is 0 Å². The lowest BCUT2D eigenvalue weighted by Crippen LogP contribution is -1.07. The van der Waals surface area contributed by atoms with Crippen LogP contribution in [0.15, 0.2) is 12.7 Å². The lowest BCUT2D eigenvalue weighted by Gasteiger charge is -1.31. The van der Waals surface area contributed by atoms with Crippen LogP contribution in [0.5, 0.6) is 0 Å². The van der Waals surface area contributed by atoms with Crippen LogP contribution >= 0.6 is 13.5 Å². The van der Waals surface area contributed by atoms with Crippen LogP contribution in [0, 0.1) is 0 Å². The second-order valence-corrected chi connectivity index (χ2v) is 0.408. The number of hydrogen-bond acceptors (Lipinski definition) is 0. The van der Waals surface area contributed by atoms with Crippen LogP contribution in [-0.2, 0) is 0 Å². The first-order chi connectivity index (χ1) is 1.41. The van der Waals surface area contributed by atoms with Gasteiger partial charge in [0.2, 0.25) is 0 Å². The van der Waals surface area contributed by atoms with Crippen LogP contribution in [0.1, 0.15) is 6.92 Å². The van der Waals surface area contributed by atoms with E-state index in [-0.39, 0.29) is 13.5 Å². The highest BCUT2D eigenvalue weighted by molar-refractivity contribution is 7.59. The van der Waals surface area contributed by atoms with Crippen molar-refractivity contribution in [3.05, 3.63) is 12.7 Å². The molecule has 0 saturated heterocycles. The molecule has 0 amide bonds. The molecular weight excluding hydrogens is 68.1 g/mol. The molecule has 0 saturated carbocycles. The summed E-state index contributed by atoms with van der Waals surface area (Å²) in [4.78, 5) is 0. The average Bonchev–Trinajstić information content (AvgIpc) is 0.918. The van der Waals surface area contributed by atoms with Crippen LogP contribution < -0.4 is 0 Å². The lowest BCUT2D eigenvalue weighted by molar-refractivity contribution is 1.80. The van der Waals surface area contributed by atoms with Gasteiger partial charge in [0.25, 0.3) is 0 Å². The molecule has 0 heterocycles. The molecule has 4 heavy (non-hydrogen) atoms. The standard InChI is InChI=1S/C3H6.H2S/c1-3-2;/h3H,1H2,2H3;1H2. The van der Waals surface area contributed by atoms with Crippen molar-refractivity contribution in [3.8, 4) is 0 Å². The Labute approximate surface area is 34.0 Å². The van der Waals surface area contributed by atoms with Gasteiger partial charge in [-0.1, -0.05) is 6.08 Å². The summed E-state index contributed by atoms with van der Waals surface area (Å²) in [7, 11) is 0. The molecule has 0 aliphatic heterocycles. The third kappa shape index (κ3) is 307. The van der Waals surface area contributed by atoms with Gasteiger partial charge < -0.3 is 0 Å². The molecule has 1 heteroatoms. The number of hydrogen-bond donors (Lipinski definition) is 0. The number of rotatable bonds is 0. The molecule has 0 rings (SSSR count). The molecule has 0 unspecified atom stereocenters. The van der Waals surface area contributed by atoms with Gasteiger partial charge in [-0.25, -0.2) is 0 Å². The second-order valence-electron chi connectivity index (χ2n) is 0.408. The van der Waals surface area contributed by atoms with Gasteiger partial charge >= 0.3 is 0 Å². The van der Waals surface area contributed by atoms with Crippen molar-refractivity contribution < 1.29 is 0 Å². The monoisotopic (exact) mass is 76.0 g/mol. The largest absolute Gasteiger partial charge is 0.197 e. The van der Waals surface area contributed by atoms with Crippen LogP contribution in [-0.4, -0.2) is 0 Å². The Kier molecular flexibility index (Phi) is 25.4. The summed E-state index contributed by atoms with van der Waals surface area (Å²) in [6.45, 7) is 5.25. The molecule has 0 nitrogen and oxygen atoms in total. The van der Waals surface area contributed by atoms with Crippen molar-refractivity contribution in [3.63, 3.8) is 0 Å². The molecule has 26 valence electrons. The van der Waals surface area contributed by atoms with Crippen molar-refractivity contribution >= 4 is 13.5 Å². The molecule has 0 atom stereocenters. The molecule has 0 aromatic carbocycles.